The summed E-state index contributed by atoms with van der Waals surface area (Å²) < 4.78 is 0. The summed E-state index contributed by atoms with van der Waals surface area (Å²) in [7, 11) is 0. The highest BCUT2D eigenvalue weighted by molar-refractivity contribution is 6.20. The van der Waals surface area contributed by atoms with Crippen molar-refractivity contribution in [3.63, 3.8) is 0 Å². The van der Waals surface area contributed by atoms with Gasteiger partial charge in [0.2, 0.25) is 5.91 Å². The van der Waals surface area contributed by atoms with E-state index in [0.717, 1.165) is 23.2 Å². The SMILES string of the molecule is CCCCCCCCCC(Cl)c1ccc2c(c1)CC(=O)N2. The van der Waals surface area contributed by atoms with Gasteiger partial charge in [-0.3, -0.25) is 4.79 Å². The van der Waals surface area contributed by atoms with Crippen LogP contribution in [0.1, 0.15) is 74.8 Å². The lowest BCUT2D eigenvalue weighted by molar-refractivity contribution is -0.115. The number of hydrogen-bond donors (Lipinski definition) is 1. The Labute approximate surface area is 133 Å². The second-order valence-corrected chi connectivity index (χ2v) is 6.55. The molecule has 1 aliphatic rings. The number of nitrogens with one attached hydrogen (secondary N) is 1. The van der Waals surface area contributed by atoms with Crippen molar-refractivity contribution in [1.82, 2.24) is 0 Å². The van der Waals surface area contributed by atoms with Crippen LogP contribution in [0.15, 0.2) is 18.2 Å². The van der Waals surface area contributed by atoms with Crippen LogP contribution in [0.4, 0.5) is 5.69 Å². The Bertz CT molecular complexity index is 472. The van der Waals surface area contributed by atoms with Crippen LogP contribution in [-0.2, 0) is 11.2 Å². The van der Waals surface area contributed by atoms with Crippen molar-refractivity contribution in [1.29, 1.82) is 0 Å². The first-order valence-corrected chi connectivity index (χ1v) is 8.71. The van der Waals surface area contributed by atoms with Crippen molar-refractivity contribution in [2.75, 3.05) is 5.32 Å². The molecule has 0 aliphatic carbocycles. The number of amides is 1. The fourth-order valence-electron chi connectivity index (χ4n) is 2.89. The van der Waals surface area contributed by atoms with Gasteiger partial charge >= 0.3 is 0 Å². The summed E-state index contributed by atoms with van der Waals surface area (Å²) >= 11 is 6.50. The fraction of sp³-hybridized carbons (Fsp3) is 0.611. The number of benzene rings is 1. The number of anilines is 1. The van der Waals surface area contributed by atoms with Gasteiger partial charge in [0.15, 0.2) is 0 Å². The van der Waals surface area contributed by atoms with E-state index in [9.17, 15) is 4.79 Å². The van der Waals surface area contributed by atoms with Gasteiger partial charge in [0.05, 0.1) is 11.8 Å². The van der Waals surface area contributed by atoms with Crippen molar-refractivity contribution in [3.05, 3.63) is 29.3 Å². The Hall–Kier alpha value is -1.02. The van der Waals surface area contributed by atoms with Crippen molar-refractivity contribution in [3.8, 4) is 0 Å². The first-order chi connectivity index (χ1) is 10.2. The van der Waals surface area contributed by atoms with Crippen LogP contribution < -0.4 is 5.32 Å². The molecular formula is C18H26ClNO. The van der Waals surface area contributed by atoms with Gasteiger partial charge in [-0.05, 0) is 23.6 Å². The summed E-state index contributed by atoms with van der Waals surface area (Å²) in [6.07, 6.45) is 10.7. The molecule has 0 saturated carbocycles. The number of carbonyl (C=O) groups excluding carboxylic acids is 1. The number of fused-ring (bicyclic) bond motifs is 1. The van der Waals surface area contributed by atoms with Crippen molar-refractivity contribution in [2.45, 2.75) is 70.1 Å². The minimum atomic E-state index is 0.0710. The van der Waals surface area contributed by atoms with Crippen molar-refractivity contribution < 1.29 is 4.79 Å². The van der Waals surface area contributed by atoms with Crippen LogP contribution >= 0.6 is 11.6 Å². The molecule has 3 heteroatoms. The Morgan fingerprint density at radius 2 is 1.86 bits per heavy atom. The van der Waals surface area contributed by atoms with Crippen LogP contribution in [0.2, 0.25) is 0 Å². The molecule has 1 N–H and O–H groups in total. The highest BCUT2D eigenvalue weighted by Gasteiger charge is 2.19. The molecule has 21 heavy (non-hydrogen) atoms. The first kappa shape index (κ1) is 16.4. The van der Waals surface area contributed by atoms with Gasteiger partial charge in [-0.1, -0.05) is 64.0 Å². The molecule has 0 fully saturated rings. The number of unbranched alkanes of at least 4 members (excludes halogenated alkanes) is 6. The largest absolute Gasteiger partial charge is 0.326 e. The summed E-state index contributed by atoms with van der Waals surface area (Å²) in [5, 5.41) is 2.93. The summed E-state index contributed by atoms with van der Waals surface area (Å²) in [4.78, 5) is 11.4. The molecule has 0 saturated heterocycles. The normalized spacial score (nSPS) is 14.9. The number of rotatable bonds is 9. The topological polar surface area (TPSA) is 29.1 Å². The molecule has 116 valence electrons. The second-order valence-electron chi connectivity index (χ2n) is 6.02. The quantitative estimate of drug-likeness (QED) is 0.467. The molecule has 1 heterocycles. The van der Waals surface area contributed by atoms with Crippen molar-refractivity contribution in [2.24, 2.45) is 0 Å². The number of hydrogen-bond acceptors (Lipinski definition) is 1. The first-order valence-electron chi connectivity index (χ1n) is 8.27. The van der Waals surface area contributed by atoms with Crippen LogP contribution in [0.5, 0.6) is 0 Å². The monoisotopic (exact) mass is 307 g/mol. The van der Waals surface area contributed by atoms with E-state index in [4.69, 9.17) is 11.6 Å². The third-order valence-corrected chi connectivity index (χ3v) is 4.65. The maximum absolute atomic E-state index is 11.4. The van der Waals surface area contributed by atoms with E-state index in [0.29, 0.717) is 6.42 Å². The van der Waals surface area contributed by atoms with E-state index in [1.54, 1.807) is 0 Å². The Morgan fingerprint density at radius 3 is 2.62 bits per heavy atom. The zero-order valence-corrected chi connectivity index (χ0v) is 13.7. The van der Waals surface area contributed by atoms with Gasteiger partial charge in [0.1, 0.15) is 0 Å². The van der Waals surface area contributed by atoms with Crippen LogP contribution in [0.25, 0.3) is 0 Å². The van der Waals surface area contributed by atoms with Gasteiger partial charge in [-0.15, -0.1) is 11.6 Å². The number of halogens is 1. The molecule has 1 aromatic carbocycles. The maximum Gasteiger partial charge on any atom is 0.228 e. The van der Waals surface area contributed by atoms with Gasteiger partial charge in [-0.2, -0.15) is 0 Å². The lowest BCUT2D eigenvalue weighted by Crippen LogP contribution is -2.03. The smallest absolute Gasteiger partial charge is 0.228 e. The molecule has 2 rings (SSSR count). The van der Waals surface area contributed by atoms with E-state index in [1.165, 1.54) is 44.9 Å². The van der Waals surface area contributed by atoms with E-state index in [1.807, 2.05) is 12.1 Å². The number of carbonyl (C=O) groups is 1. The van der Waals surface area contributed by atoms with Gasteiger partial charge < -0.3 is 5.32 Å². The minimum absolute atomic E-state index is 0.0710. The molecule has 0 aromatic heterocycles. The predicted octanol–water partition coefficient (Wildman–Crippen LogP) is 5.60. The standard InChI is InChI=1S/C18H26ClNO/c1-2-3-4-5-6-7-8-9-16(19)14-10-11-17-15(12-14)13-18(21)20-17/h10-12,16H,2-9,13H2,1H3,(H,20,21). The van der Waals surface area contributed by atoms with E-state index in [-0.39, 0.29) is 11.3 Å². The van der Waals surface area contributed by atoms with Crippen LogP contribution in [0.3, 0.4) is 0 Å². The Kier molecular flexibility index (Phi) is 6.56. The molecule has 0 spiro atoms. The molecule has 1 aromatic rings. The summed E-state index contributed by atoms with van der Waals surface area (Å²) in [5.74, 6) is 0.0837. The molecule has 1 unspecified atom stereocenters. The maximum atomic E-state index is 11.4. The second kappa shape index (κ2) is 8.43. The Morgan fingerprint density at radius 1 is 1.14 bits per heavy atom. The Balaban J connectivity index is 1.70. The van der Waals surface area contributed by atoms with Crippen molar-refractivity contribution >= 4 is 23.2 Å². The zero-order valence-electron chi connectivity index (χ0n) is 13.0. The minimum Gasteiger partial charge on any atom is -0.326 e. The van der Waals surface area contributed by atoms with Gasteiger partial charge in [-0.25, -0.2) is 0 Å². The zero-order chi connectivity index (χ0) is 15.1. The molecule has 2 nitrogen and oxygen atoms in total. The average Bonchev–Trinajstić information content (AvgIpc) is 2.85. The molecule has 1 amide bonds. The fourth-order valence-corrected chi connectivity index (χ4v) is 3.18. The lowest BCUT2D eigenvalue weighted by atomic mass is 10.0. The van der Waals surface area contributed by atoms with Gasteiger partial charge in [0.25, 0.3) is 0 Å². The summed E-state index contributed by atoms with van der Waals surface area (Å²) in [6.45, 7) is 2.25. The van der Waals surface area contributed by atoms with E-state index in [2.05, 4.69) is 18.3 Å². The van der Waals surface area contributed by atoms with Gasteiger partial charge in [0, 0.05) is 5.69 Å². The third-order valence-electron chi connectivity index (χ3n) is 4.18. The van der Waals surface area contributed by atoms with E-state index < -0.39 is 0 Å². The van der Waals surface area contributed by atoms with Crippen LogP contribution in [0, 0.1) is 0 Å². The molecule has 0 bridgehead atoms. The molecule has 0 radical (unpaired) electrons. The molecular weight excluding hydrogens is 282 g/mol. The summed E-state index contributed by atoms with van der Waals surface area (Å²) in [5.41, 5.74) is 3.18. The highest BCUT2D eigenvalue weighted by Crippen LogP contribution is 2.31. The number of alkyl halides is 1. The highest BCUT2D eigenvalue weighted by atomic mass is 35.5. The van der Waals surface area contributed by atoms with E-state index >= 15 is 0 Å². The third kappa shape index (κ3) is 5.03. The summed E-state index contributed by atoms with van der Waals surface area (Å²) in [6, 6.07) is 6.12. The molecule has 1 aliphatic heterocycles. The average molecular weight is 308 g/mol. The van der Waals surface area contributed by atoms with Crippen LogP contribution in [-0.4, -0.2) is 5.91 Å². The molecule has 1 atom stereocenters. The predicted molar refractivity (Wildman–Crippen MR) is 90.0 cm³/mol. The lowest BCUT2D eigenvalue weighted by Gasteiger charge is -2.11.